The van der Waals surface area contributed by atoms with Gasteiger partial charge in [0.05, 0.1) is 32.4 Å². The van der Waals surface area contributed by atoms with Gasteiger partial charge in [0.1, 0.15) is 10.3 Å². The fourth-order valence-corrected chi connectivity index (χ4v) is 4.42. The molecule has 0 spiro atoms. The van der Waals surface area contributed by atoms with Gasteiger partial charge in [-0.2, -0.15) is 4.98 Å². The van der Waals surface area contributed by atoms with Gasteiger partial charge in [-0.25, -0.2) is 18.2 Å². The van der Waals surface area contributed by atoms with Crippen LogP contribution in [0.5, 0.6) is 5.88 Å². The van der Waals surface area contributed by atoms with Gasteiger partial charge in [-0.3, -0.25) is 4.79 Å². The molecule has 1 aliphatic carbocycles. The number of carbonyl (C=O) groups is 1. The van der Waals surface area contributed by atoms with Crippen molar-refractivity contribution in [3.63, 3.8) is 0 Å². The average molecular weight is 444 g/mol. The molecule has 1 aliphatic heterocycles. The zero-order chi connectivity index (χ0) is 21.5. The van der Waals surface area contributed by atoms with Gasteiger partial charge in [-0.1, -0.05) is 11.3 Å². The van der Waals surface area contributed by atoms with Crippen LogP contribution in [0.15, 0.2) is 6.07 Å². The quantitative estimate of drug-likeness (QED) is 0.675. The van der Waals surface area contributed by atoms with Crippen molar-refractivity contribution >= 4 is 32.7 Å². The molecule has 1 saturated carbocycles. The van der Waals surface area contributed by atoms with E-state index < -0.39 is 11.7 Å². The highest BCUT2D eigenvalue weighted by atomic mass is 32.1. The summed E-state index contributed by atoms with van der Waals surface area (Å²) in [5.41, 5.74) is 0.334. The lowest BCUT2D eigenvalue weighted by atomic mass is 9.83. The lowest BCUT2D eigenvalue weighted by molar-refractivity contribution is -0.120. The van der Waals surface area contributed by atoms with Gasteiger partial charge in [0, 0.05) is 19.0 Å². The highest BCUT2D eigenvalue weighted by Crippen LogP contribution is 2.37. The minimum absolute atomic E-state index is 0.0467. The summed E-state index contributed by atoms with van der Waals surface area (Å²) in [6.45, 7) is 3.35. The summed E-state index contributed by atoms with van der Waals surface area (Å²) in [6, 6.07) is 1.18. The van der Waals surface area contributed by atoms with Crippen LogP contribution in [0.1, 0.15) is 26.7 Å². The molecule has 30 heavy (non-hydrogen) atoms. The summed E-state index contributed by atoms with van der Waals surface area (Å²) < 4.78 is 51.7. The molecule has 2 aromatic rings. The van der Waals surface area contributed by atoms with Gasteiger partial charge in [0.25, 0.3) is 11.8 Å². The molecule has 2 aliphatic rings. The summed E-state index contributed by atoms with van der Waals surface area (Å²) in [4.78, 5) is 21.3. The van der Waals surface area contributed by atoms with Gasteiger partial charge < -0.3 is 19.7 Å². The Morgan fingerprint density at radius 3 is 2.80 bits per heavy atom. The first kappa shape index (κ1) is 21.1. The Balaban J connectivity index is 1.26. The number of halogens is 3. The van der Waals surface area contributed by atoms with E-state index in [2.05, 4.69) is 15.3 Å². The number of thiazole rings is 1. The predicted octanol–water partition coefficient (Wildman–Crippen LogP) is 2.98. The van der Waals surface area contributed by atoms with Crippen LogP contribution in [0, 0.1) is 11.7 Å². The molecule has 0 unspecified atom stereocenters. The summed E-state index contributed by atoms with van der Waals surface area (Å²) in [5.74, 6) is -3.27. The van der Waals surface area contributed by atoms with Crippen molar-refractivity contribution in [1.82, 2.24) is 15.3 Å². The molecular formula is C19H23F3N4O3S. The third-order valence-corrected chi connectivity index (χ3v) is 6.11. The Kier molecular flexibility index (Phi) is 5.75. The van der Waals surface area contributed by atoms with Crippen LogP contribution < -0.4 is 15.0 Å². The second kappa shape index (κ2) is 8.18. The molecule has 1 saturated heterocycles. The molecule has 11 heteroatoms. The zero-order valence-corrected chi connectivity index (χ0v) is 17.5. The minimum Gasteiger partial charge on any atom is -0.475 e. The zero-order valence-electron chi connectivity index (χ0n) is 16.7. The molecule has 0 radical (unpaired) electrons. The van der Waals surface area contributed by atoms with E-state index >= 15 is 0 Å². The van der Waals surface area contributed by atoms with Gasteiger partial charge >= 0.3 is 0 Å². The van der Waals surface area contributed by atoms with E-state index in [0.29, 0.717) is 28.7 Å². The summed E-state index contributed by atoms with van der Waals surface area (Å²) in [7, 11) is 0. The van der Waals surface area contributed by atoms with E-state index in [1.54, 1.807) is 0 Å². The molecular weight excluding hydrogens is 421 g/mol. The number of fused-ring (bicyclic) bond motifs is 1. The van der Waals surface area contributed by atoms with E-state index in [-0.39, 0.29) is 42.9 Å². The molecule has 2 aromatic heterocycles. The molecule has 0 aromatic carbocycles. The number of aromatic nitrogens is 2. The molecule has 7 nitrogen and oxygen atoms in total. The molecule has 2 fully saturated rings. The van der Waals surface area contributed by atoms with Crippen molar-refractivity contribution in [3.8, 4) is 5.88 Å². The van der Waals surface area contributed by atoms with E-state index in [1.807, 2.05) is 6.92 Å². The molecule has 3 heterocycles. The Morgan fingerprint density at radius 2 is 2.13 bits per heavy atom. The van der Waals surface area contributed by atoms with Crippen LogP contribution in [0.2, 0.25) is 0 Å². The van der Waals surface area contributed by atoms with E-state index in [4.69, 9.17) is 9.47 Å². The van der Waals surface area contributed by atoms with Crippen molar-refractivity contribution in [2.24, 2.45) is 5.92 Å². The Labute approximate surface area is 175 Å². The van der Waals surface area contributed by atoms with E-state index in [1.165, 1.54) is 17.9 Å². The Hall–Kier alpha value is -2.14. The SMILES string of the molecule is CC(=O)N[C@@H](C)COC1CC(COc2nc3sc(N4CC(F)(F)C4)nc3cc2F)C1. The smallest absolute Gasteiger partial charge is 0.282 e. The maximum atomic E-state index is 14.3. The second-order valence-corrected chi connectivity index (χ2v) is 8.97. The molecule has 164 valence electrons. The Morgan fingerprint density at radius 1 is 1.40 bits per heavy atom. The van der Waals surface area contributed by atoms with Crippen LogP contribution in [-0.4, -0.2) is 60.2 Å². The number of pyridine rings is 1. The largest absolute Gasteiger partial charge is 0.475 e. The third-order valence-electron chi connectivity index (χ3n) is 5.09. The number of rotatable bonds is 8. The highest BCUT2D eigenvalue weighted by molar-refractivity contribution is 7.21. The van der Waals surface area contributed by atoms with E-state index in [0.717, 1.165) is 24.2 Å². The van der Waals surface area contributed by atoms with Crippen molar-refractivity contribution in [2.45, 2.75) is 44.8 Å². The van der Waals surface area contributed by atoms with Crippen molar-refractivity contribution in [3.05, 3.63) is 11.9 Å². The van der Waals surface area contributed by atoms with Crippen molar-refractivity contribution in [1.29, 1.82) is 0 Å². The fraction of sp³-hybridized carbons (Fsp3) is 0.632. The number of ether oxygens (including phenoxy) is 2. The maximum absolute atomic E-state index is 14.3. The molecule has 1 N–H and O–H groups in total. The van der Waals surface area contributed by atoms with Crippen LogP contribution in [0.4, 0.5) is 18.3 Å². The summed E-state index contributed by atoms with van der Waals surface area (Å²) in [6.07, 6.45) is 1.70. The first-order valence-electron chi connectivity index (χ1n) is 9.80. The number of hydrogen-bond acceptors (Lipinski definition) is 7. The average Bonchev–Trinajstić information content (AvgIpc) is 2.99. The number of anilines is 1. The Bertz CT molecular complexity index is 927. The molecule has 1 atom stereocenters. The van der Waals surface area contributed by atoms with Crippen molar-refractivity contribution in [2.75, 3.05) is 31.2 Å². The second-order valence-electron chi connectivity index (χ2n) is 8.01. The maximum Gasteiger partial charge on any atom is 0.282 e. The van der Waals surface area contributed by atoms with Crippen LogP contribution in [-0.2, 0) is 9.53 Å². The van der Waals surface area contributed by atoms with Crippen LogP contribution in [0.25, 0.3) is 10.3 Å². The number of nitrogens with zero attached hydrogens (tertiary/aromatic N) is 3. The minimum atomic E-state index is -2.70. The van der Waals surface area contributed by atoms with Gasteiger partial charge in [0.2, 0.25) is 5.91 Å². The molecule has 0 bridgehead atoms. The monoisotopic (exact) mass is 444 g/mol. The van der Waals surface area contributed by atoms with Gasteiger partial charge in [-0.15, -0.1) is 0 Å². The summed E-state index contributed by atoms with van der Waals surface area (Å²) >= 11 is 1.15. The molecule has 1 amide bonds. The number of carbonyl (C=O) groups excluding carboxylic acids is 1. The van der Waals surface area contributed by atoms with Gasteiger partial charge in [0.15, 0.2) is 10.9 Å². The van der Waals surface area contributed by atoms with E-state index in [9.17, 15) is 18.0 Å². The standard InChI is InChI=1S/C19H23F3N4O3S/c1-10(23-11(2)27)6-28-13-3-12(4-13)7-29-16-14(20)5-15-17(25-16)30-18(24-15)26-8-19(21,22)9-26/h5,10,12-13H,3-4,6-9H2,1-2H3,(H,23,27)/t10-,12?,13?/m0/s1. The normalized spacial score (nSPS) is 23.6. The number of nitrogens with one attached hydrogen (secondary N) is 1. The number of alkyl halides is 2. The topological polar surface area (TPSA) is 76.6 Å². The lowest BCUT2D eigenvalue weighted by Crippen LogP contribution is -2.56. The summed E-state index contributed by atoms with van der Waals surface area (Å²) in [5, 5.41) is 3.17. The lowest BCUT2D eigenvalue weighted by Gasteiger charge is -2.38. The third kappa shape index (κ3) is 4.77. The fourth-order valence-electron chi connectivity index (χ4n) is 3.51. The predicted molar refractivity (Wildman–Crippen MR) is 106 cm³/mol. The highest BCUT2D eigenvalue weighted by Gasteiger charge is 2.45. The van der Waals surface area contributed by atoms with Crippen LogP contribution in [0.3, 0.4) is 0 Å². The van der Waals surface area contributed by atoms with Crippen LogP contribution >= 0.6 is 11.3 Å². The number of amides is 1. The molecule has 4 rings (SSSR count). The van der Waals surface area contributed by atoms with Crippen molar-refractivity contribution < 1.29 is 27.4 Å². The first-order valence-corrected chi connectivity index (χ1v) is 10.6. The number of hydrogen-bond donors (Lipinski definition) is 1. The first-order chi connectivity index (χ1) is 14.2. The van der Waals surface area contributed by atoms with Gasteiger partial charge in [-0.05, 0) is 25.7 Å².